The summed E-state index contributed by atoms with van der Waals surface area (Å²) in [5.74, 6) is -1.24. The maximum atomic E-state index is 12.4. The van der Waals surface area contributed by atoms with Crippen molar-refractivity contribution in [3.63, 3.8) is 0 Å². The molecule has 0 saturated heterocycles. The fourth-order valence-corrected chi connectivity index (χ4v) is 2.21. The maximum Gasteiger partial charge on any atom is 0.308 e. The predicted molar refractivity (Wildman–Crippen MR) is 92.7 cm³/mol. The minimum Gasteiger partial charge on any atom is -0.456 e. The van der Waals surface area contributed by atoms with Gasteiger partial charge < -0.3 is 15.4 Å². The van der Waals surface area contributed by atoms with E-state index in [1.165, 1.54) is 7.05 Å². The van der Waals surface area contributed by atoms with Crippen molar-refractivity contribution < 1.29 is 19.1 Å². The van der Waals surface area contributed by atoms with E-state index in [9.17, 15) is 14.4 Å². The zero-order valence-corrected chi connectivity index (χ0v) is 13.9. The molecule has 0 fully saturated rings. The lowest BCUT2D eigenvalue weighted by atomic mass is 10.0. The third-order valence-electron chi connectivity index (χ3n) is 3.56. The minimum atomic E-state index is -0.564. The van der Waals surface area contributed by atoms with Crippen LogP contribution in [-0.2, 0) is 14.3 Å². The Kier molecular flexibility index (Phi) is 6.71. The molecule has 6 nitrogen and oxygen atoms in total. The first-order chi connectivity index (χ1) is 12.1. The van der Waals surface area contributed by atoms with Gasteiger partial charge in [-0.1, -0.05) is 48.5 Å². The largest absolute Gasteiger partial charge is 0.456 e. The number of hydrogen-bond donors (Lipinski definition) is 2. The highest BCUT2D eigenvalue weighted by Gasteiger charge is 2.20. The van der Waals surface area contributed by atoms with Crippen molar-refractivity contribution in [2.24, 2.45) is 0 Å². The number of benzene rings is 2. The van der Waals surface area contributed by atoms with Crippen molar-refractivity contribution in [1.29, 1.82) is 0 Å². The molecule has 2 amide bonds. The standard InChI is InChI=1S/C19H20N2O4/c1-20-17(22)13-25-18(23)12-16(14-8-4-2-5-9-14)21-19(24)15-10-6-3-7-11-15/h2-11,16H,12-13H2,1H3,(H,20,22)(H,21,24)/t16-/m0/s1. The van der Waals surface area contributed by atoms with Crippen molar-refractivity contribution in [3.8, 4) is 0 Å². The molecule has 0 heterocycles. The van der Waals surface area contributed by atoms with Gasteiger partial charge in [-0.2, -0.15) is 0 Å². The Balaban J connectivity index is 2.07. The van der Waals surface area contributed by atoms with E-state index in [1.807, 2.05) is 36.4 Å². The molecule has 2 rings (SSSR count). The molecule has 2 aromatic carbocycles. The number of likely N-dealkylation sites (N-methyl/N-ethyl adjacent to an activating group) is 1. The number of amides is 2. The first kappa shape index (κ1) is 18.2. The fourth-order valence-electron chi connectivity index (χ4n) is 2.21. The van der Waals surface area contributed by atoms with Crippen LogP contribution in [0, 0.1) is 0 Å². The summed E-state index contributed by atoms with van der Waals surface area (Å²) in [6.07, 6.45) is -0.0699. The van der Waals surface area contributed by atoms with Crippen LogP contribution in [-0.4, -0.2) is 31.4 Å². The van der Waals surface area contributed by atoms with E-state index < -0.39 is 17.9 Å². The van der Waals surface area contributed by atoms with Crippen molar-refractivity contribution in [3.05, 3.63) is 71.8 Å². The van der Waals surface area contributed by atoms with E-state index in [-0.39, 0.29) is 18.9 Å². The number of ether oxygens (including phenoxy) is 1. The van der Waals surface area contributed by atoms with Gasteiger partial charge in [0, 0.05) is 12.6 Å². The number of carbonyl (C=O) groups is 3. The van der Waals surface area contributed by atoms with Gasteiger partial charge in [0.2, 0.25) is 0 Å². The van der Waals surface area contributed by atoms with Crippen LogP contribution in [0.15, 0.2) is 60.7 Å². The van der Waals surface area contributed by atoms with Gasteiger partial charge in [0.1, 0.15) is 0 Å². The van der Waals surface area contributed by atoms with Gasteiger partial charge in [0.25, 0.3) is 11.8 Å². The van der Waals surface area contributed by atoms with Gasteiger partial charge in [-0.25, -0.2) is 0 Å². The summed E-state index contributed by atoms with van der Waals surface area (Å²) >= 11 is 0. The number of esters is 1. The van der Waals surface area contributed by atoms with Crippen LogP contribution in [0.5, 0.6) is 0 Å². The molecule has 0 aromatic heterocycles. The molecule has 0 spiro atoms. The quantitative estimate of drug-likeness (QED) is 0.753. The number of carbonyl (C=O) groups excluding carboxylic acids is 3. The van der Waals surface area contributed by atoms with E-state index in [1.54, 1.807) is 24.3 Å². The predicted octanol–water partition coefficient (Wildman–Crippen LogP) is 1.84. The highest BCUT2D eigenvalue weighted by molar-refractivity contribution is 5.94. The zero-order chi connectivity index (χ0) is 18.1. The minimum absolute atomic E-state index is 0.0699. The lowest BCUT2D eigenvalue weighted by Gasteiger charge is -2.18. The third kappa shape index (κ3) is 5.76. The topological polar surface area (TPSA) is 84.5 Å². The number of nitrogens with one attached hydrogen (secondary N) is 2. The molecule has 0 aliphatic heterocycles. The molecule has 130 valence electrons. The van der Waals surface area contributed by atoms with Crippen molar-refractivity contribution in [2.45, 2.75) is 12.5 Å². The summed E-state index contributed by atoms with van der Waals surface area (Å²) in [5.41, 5.74) is 1.28. The first-order valence-corrected chi connectivity index (χ1v) is 7.87. The molecule has 6 heteroatoms. The summed E-state index contributed by atoms with van der Waals surface area (Å²) in [6.45, 7) is -0.344. The van der Waals surface area contributed by atoms with Gasteiger partial charge in [0.15, 0.2) is 6.61 Å². The lowest BCUT2D eigenvalue weighted by molar-refractivity contribution is -0.148. The van der Waals surface area contributed by atoms with Crippen LogP contribution in [0.25, 0.3) is 0 Å². The third-order valence-corrected chi connectivity index (χ3v) is 3.56. The van der Waals surface area contributed by atoms with E-state index in [0.717, 1.165) is 5.56 Å². The van der Waals surface area contributed by atoms with Crippen molar-refractivity contribution in [1.82, 2.24) is 10.6 Å². The van der Waals surface area contributed by atoms with Crippen LogP contribution in [0.1, 0.15) is 28.4 Å². The smallest absolute Gasteiger partial charge is 0.308 e. The summed E-state index contributed by atoms with van der Waals surface area (Å²) in [5, 5.41) is 5.21. The Morgan fingerprint density at radius 3 is 2.16 bits per heavy atom. The SMILES string of the molecule is CNC(=O)COC(=O)C[C@H](NC(=O)c1ccccc1)c1ccccc1. The van der Waals surface area contributed by atoms with E-state index in [4.69, 9.17) is 4.74 Å². The molecule has 2 N–H and O–H groups in total. The molecule has 0 aliphatic rings. The van der Waals surface area contributed by atoms with Crippen LogP contribution >= 0.6 is 0 Å². The second-order valence-electron chi connectivity index (χ2n) is 5.34. The van der Waals surface area contributed by atoms with Gasteiger partial charge in [-0.3, -0.25) is 14.4 Å². The Hall–Kier alpha value is -3.15. The summed E-state index contributed by atoms with van der Waals surface area (Å²) in [4.78, 5) is 35.6. The molecule has 0 saturated carbocycles. The molecule has 0 aliphatic carbocycles. The van der Waals surface area contributed by atoms with Gasteiger partial charge in [0.05, 0.1) is 12.5 Å². The van der Waals surface area contributed by atoms with Gasteiger partial charge in [-0.15, -0.1) is 0 Å². The lowest BCUT2D eigenvalue weighted by Crippen LogP contribution is -2.31. The van der Waals surface area contributed by atoms with E-state index in [0.29, 0.717) is 5.56 Å². The molecule has 0 bridgehead atoms. The van der Waals surface area contributed by atoms with Crippen LogP contribution in [0.2, 0.25) is 0 Å². The number of rotatable bonds is 7. The molecular formula is C19H20N2O4. The second-order valence-corrected chi connectivity index (χ2v) is 5.34. The maximum absolute atomic E-state index is 12.4. The van der Waals surface area contributed by atoms with Gasteiger partial charge >= 0.3 is 5.97 Å². The van der Waals surface area contributed by atoms with Crippen LogP contribution < -0.4 is 10.6 Å². The molecule has 0 unspecified atom stereocenters. The molecule has 2 aromatic rings. The Labute approximate surface area is 146 Å². The van der Waals surface area contributed by atoms with Crippen molar-refractivity contribution in [2.75, 3.05) is 13.7 Å². The van der Waals surface area contributed by atoms with E-state index >= 15 is 0 Å². The summed E-state index contributed by atoms with van der Waals surface area (Å²) in [7, 11) is 1.46. The molecule has 1 atom stereocenters. The molecular weight excluding hydrogens is 320 g/mol. The molecule has 0 radical (unpaired) electrons. The average molecular weight is 340 g/mol. The van der Waals surface area contributed by atoms with Crippen LogP contribution in [0.3, 0.4) is 0 Å². The monoisotopic (exact) mass is 340 g/mol. The molecule has 25 heavy (non-hydrogen) atoms. The van der Waals surface area contributed by atoms with Crippen LogP contribution in [0.4, 0.5) is 0 Å². The highest BCUT2D eigenvalue weighted by Crippen LogP contribution is 2.18. The van der Waals surface area contributed by atoms with Crippen molar-refractivity contribution >= 4 is 17.8 Å². The van der Waals surface area contributed by atoms with Gasteiger partial charge in [-0.05, 0) is 17.7 Å². The summed E-state index contributed by atoms with van der Waals surface area (Å²) < 4.78 is 4.93. The Morgan fingerprint density at radius 1 is 0.960 bits per heavy atom. The first-order valence-electron chi connectivity index (χ1n) is 7.87. The second kappa shape index (κ2) is 9.22. The highest BCUT2D eigenvalue weighted by atomic mass is 16.5. The normalized spacial score (nSPS) is 11.2. The summed E-state index contributed by atoms with van der Waals surface area (Å²) in [6, 6.07) is 17.3. The average Bonchev–Trinajstić information content (AvgIpc) is 2.66. The van der Waals surface area contributed by atoms with E-state index in [2.05, 4.69) is 10.6 Å². The Morgan fingerprint density at radius 2 is 1.56 bits per heavy atom. The Bertz CT molecular complexity index is 717. The zero-order valence-electron chi connectivity index (χ0n) is 13.9. The fraction of sp³-hybridized carbons (Fsp3) is 0.211. The number of hydrogen-bond acceptors (Lipinski definition) is 4.